The SMILES string of the molecule is Cc1nc(C2=CC=C(OCC(C)C)C(=O)C2)sc1C(=O)O. The molecule has 21 heavy (non-hydrogen) atoms. The van der Waals surface area contributed by atoms with Crippen molar-refractivity contribution in [3.8, 4) is 0 Å². The van der Waals surface area contributed by atoms with Crippen molar-refractivity contribution < 1.29 is 19.4 Å². The number of aryl methyl sites for hydroxylation is 1. The van der Waals surface area contributed by atoms with Gasteiger partial charge in [0.2, 0.25) is 5.78 Å². The summed E-state index contributed by atoms with van der Waals surface area (Å²) in [6, 6.07) is 0. The first-order chi connectivity index (χ1) is 9.88. The van der Waals surface area contributed by atoms with Crippen molar-refractivity contribution in [2.24, 2.45) is 5.92 Å². The monoisotopic (exact) mass is 307 g/mol. The fourth-order valence-electron chi connectivity index (χ4n) is 1.85. The molecule has 1 heterocycles. The van der Waals surface area contributed by atoms with E-state index < -0.39 is 5.97 Å². The van der Waals surface area contributed by atoms with Gasteiger partial charge in [-0.1, -0.05) is 19.9 Å². The van der Waals surface area contributed by atoms with E-state index in [1.165, 1.54) is 0 Å². The molecular formula is C15H17NO4S. The largest absolute Gasteiger partial charge is 0.490 e. The third kappa shape index (κ3) is 3.58. The maximum Gasteiger partial charge on any atom is 0.347 e. The highest BCUT2D eigenvalue weighted by atomic mass is 32.1. The number of hydrogen-bond acceptors (Lipinski definition) is 5. The van der Waals surface area contributed by atoms with Crippen LogP contribution in [0, 0.1) is 12.8 Å². The summed E-state index contributed by atoms with van der Waals surface area (Å²) in [6.07, 6.45) is 3.61. The molecule has 1 aliphatic carbocycles. The molecule has 0 aromatic carbocycles. The topological polar surface area (TPSA) is 76.5 Å². The molecule has 1 aromatic rings. The van der Waals surface area contributed by atoms with E-state index in [9.17, 15) is 9.59 Å². The Balaban J connectivity index is 2.21. The molecule has 0 aliphatic heterocycles. The number of nitrogens with zero attached hydrogens (tertiary/aromatic N) is 1. The van der Waals surface area contributed by atoms with Crippen LogP contribution in [0.1, 0.15) is 40.6 Å². The summed E-state index contributed by atoms with van der Waals surface area (Å²) in [4.78, 5) is 27.5. The first-order valence-corrected chi connectivity index (χ1v) is 7.48. The highest BCUT2D eigenvalue weighted by molar-refractivity contribution is 7.14. The second-order valence-corrected chi connectivity index (χ2v) is 6.27. The molecule has 112 valence electrons. The molecule has 6 heteroatoms. The fraction of sp³-hybridized carbons (Fsp3) is 0.400. The van der Waals surface area contributed by atoms with Gasteiger partial charge < -0.3 is 9.84 Å². The van der Waals surface area contributed by atoms with Gasteiger partial charge in [-0.15, -0.1) is 11.3 Å². The van der Waals surface area contributed by atoms with Crippen molar-refractivity contribution in [2.75, 3.05) is 6.61 Å². The lowest BCUT2D eigenvalue weighted by atomic mass is 10.0. The second-order valence-electron chi connectivity index (χ2n) is 5.27. The number of ketones is 1. The molecule has 0 atom stereocenters. The number of rotatable bonds is 5. The number of hydrogen-bond donors (Lipinski definition) is 1. The summed E-state index contributed by atoms with van der Waals surface area (Å²) in [7, 11) is 0. The third-order valence-corrected chi connectivity index (χ3v) is 4.12. The number of Topliss-reactive ketones (excluding diaryl/α,β-unsaturated/α-hetero) is 1. The normalized spacial score (nSPS) is 15.0. The number of aromatic nitrogens is 1. The summed E-state index contributed by atoms with van der Waals surface area (Å²) in [6.45, 7) is 6.18. The van der Waals surface area contributed by atoms with Crippen LogP contribution < -0.4 is 0 Å². The standard InChI is InChI=1S/C15H17NO4S/c1-8(2)7-20-12-5-4-10(6-11(12)17)14-16-9(3)13(21-14)15(18)19/h4-5,8H,6-7H2,1-3H3,(H,18,19). The number of thiazole rings is 1. The number of carboxylic acid groups (broad SMARTS) is 1. The van der Waals surface area contributed by atoms with Crippen LogP contribution in [0.15, 0.2) is 17.9 Å². The summed E-state index contributed by atoms with van der Waals surface area (Å²) in [5, 5.41) is 9.63. The highest BCUT2D eigenvalue weighted by Crippen LogP contribution is 2.30. The van der Waals surface area contributed by atoms with Gasteiger partial charge in [0.25, 0.3) is 0 Å². The van der Waals surface area contributed by atoms with E-state index in [0.29, 0.717) is 29.0 Å². The molecule has 0 saturated heterocycles. The molecule has 0 radical (unpaired) electrons. The van der Waals surface area contributed by atoms with Crippen LogP contribution in [0.25, 0.3) is 5.57 Å². The van der Waals surface area contributed by atoms with Gasteiger partial charge in [-0.05, 0) is 24.5 Å². The van der Waals surface area contributed by atoms with E-state index in [1.807, 2.05) is 13.8 Å². The predicted molar refractivity (Wildman–Crippen MR) is 80.3 cm³/mol. The van der Waals surface area contributed by atoms with Gasteiger partial charge in [-0.2, -0.15) is 0 Å². The molecule has 1 aliphatic rings. The number of allylic oxidation sites excluding steroid dienone is 4. The van der Waals surface area contributed by atoms with Gasteiger partial charge in [0.15, 0.2) is 5.76 Å². The lowest BCUT2D eigenvalue weighted by Gasteiger charge is -2.14. The average Bonchev–Trinajstić information content (AvgIpc) is 2.79. The third-order valence-electron chi connectivity index (χ3n) is 2.90. The van der Waals surface area contributed by atoms with Gasteiger partial charge in [-0.25, -0.2) is 9.78 Å². The first-order valence-electron chi connectivity index (χ1n) is 6.66. The lowest BCUT2D eigenvalue weighted by molar-refractivity contribution is -0.118. The Labute approximate surface area is 127 Å². The maximum absolute atomic E-state index is 12.0. The van der Waals surface area contributed by atoms with Gasteiger partial charge in [0.05, 0.1) is 12.3 Å². The Hall–Kier alpha value is -1.95. The average molecular weight is 307 g/mol. The highest BCUT2D eigenvalue weighted by Gasteiger charge is 2.22. The fourth-order valence-corrected chi connectivity index (χ4v) is 2.78. The van der Waals surface area contributed by atoms with Crippen LogP contribution in [-0.4, -0.2) is 28.4 Å². The molecule has 1 aromatic heterocycles. The van der Waals surface area contributed by atoms with Crippen molar-refractivity contribution in [1.29, 1.82) is 0 Å². The van der Waals surface area contributed by atoms with Crippen LogP contribution in [0.3, 0.4) is 0 Å². The minimum Gasteiger partial charge on any atom is -0.490 e. The van der Waals surface area contributed by atoms with Crippen LogP contribution >= 0.6 is 11.3 Å². The van der Waals surface area contributed by atoms with Gasteiger partial charge in [0.1, 0.15) is 9.88 Å². The van der Waals surface area contributed by atoms with Gasteiger partial charge in [-0.3, -0.25) is 4.79 Å². The molecule has 5 nitrogen and oxygen atoms in total. The van der Waals surface area contributed by atoms with Crippen molar-refractivity contribution in [2.45, 2.75) is 27.2 Å². The summed E-state index contributed by atoms with van der Waals surface area (Å²) in [5.74, 6) is -0.378. The maximum atomic E-state index is 12.0. The number of carbonyl (C=O) groups is 2. The first kappa shape index (κ1) is 15.4. The van der Waals surface area contributed by atoms with Crippen LogP contribution in [0.5, 0.6) is 0 Å². The smallest absolute Gasteiger partial charge is 0.347 e. The quantitative estimate of drug-likeness (QED) is 0.904. The summed E-state index contributed by atoms with van der Waals surface area (Å²) in [5.41, 5.74) is 1.21. The van der Waals surface area contributed by atoms with Crippen molar-refractivity contribution in [1.82, 2.24) is 4.98 Å². The molecule has 1 N–H and O–H groups in total. The summed E-state index contributed by atoms with van der Waals surface area (Å²) >= 11 is 1.09. The van der Waals surface area contributed by atoms with E-state index in [0.717, 1.165) is 16.9 Å². The van der Waals surface area contributed by atoms with E-state index in [2.05, 4.69) is 4.98 Å². The van der Waals surface area contributed by atoms with E-state index in [4.69, 9.17) is 9.84 Å². The Morgan fingerprint density at radius 3 is 2.71 bits per heavy atom. The van der Waals surface area contributed by atoms with E-state index in [1.54, 1.807) is 19.1 Å². The minimum atomic E-state index is -0.990. The number of carboxylic acids is 1. The van der Waals surface area contributed by atoms with Gasteiger partial charge in [0, 0.05) is 6.42 Å². The van der Waals surface area contributed by atoms with Crippen molar-refractivity contribution in [3.05, 3.63) is 33.5 Å². The van der Waals surface area contributed by atoms with Crippen LogP contribution in [0.2, 0.25) is 0 Å². The Kier molecular flexibility index (Phi) is 4.57. The molecular weight excluding hydrogens is 290 g/mol. The zero-order chi connectivity index (χ0) is 15.6. The number of ether oxygens (including phenoxy) is 1. The lowest BCUT2D eigenvalue weighted by Crippen LogP contribution is -2.13. The van der Waals surface area contributed by atoms with E-state index in [-0.39, 0.29) is 17.1 Å². The molecule has 0 saturated carbocycles. The Morgan fingerprint density at radius 2 is 2.19 bits per heavy atom. The Morgan fingerprint density at radius 1 is 1.48 bits per heavy atom. The summed E-state index contributed by atoms with van der Waals surface area (Å²) < 4.78 is 5.46. The minimum absolute atomic E-state index is 0.0992. The molecule has 0 unspecified atom stereocenters. The molecule has 2 rings (SSSR count). The molecule has 0 spiro atoms. The second kappa shape index (κ2) is 6.22. The van der Waals surface area contributed by atoms with Crippen LogP contribution in [0.4, 0.5) is 0 Å². The zero-order valence-corrected chi connectivity index (χ0v) is 13.0. The molecule has 0 amide bonds. The van der Waals surface area contributed by atoms with Crippen molar-refractivity contribution in [3.63, 3.8) is 0 Å². The van der Waals surface area contributed by atoms with Crippen molar-refractivity contribution >= 4 is 28.7 Å². The van der Waals surface area contributed by atoms with Crippen LogP contribution in [-0.2, 0) is 9.53 Å². The number of carbonyl (C=O) groups excluding carboxylic acids is 1. The predicted octanol–water partition coefficient (Wildman–Crippen LogP) is 3.06. The molecule has 0 bridgehead atoms. The van der Waals surface area contributed by atoms with E-state index >= 15 is 0 Å². The van der Waals surface area contributed by atoms with Gasteiger partial charge >= 0.3 is 5.97 Å². The zero-order valence-electron chi connectivity index (χ0n) is 12.2. The number of aromatic carboxylic acids is 1. The molecule has 0 fully saturated rings. The Bertz CT molecular complexity index is 640.